The molecule has 0 atom stereocenters. The van der Waals surface area contributed by atoms with Crippen molar-refractivity contribution < 1.29 is 14.3 Å². The Morgan fingerprint density at radius 3 is 2.57 bits per heavy atom. The molecular formula is C29H26N4O4. The van der Waals surface area contributed by atoms with Gasteiger partial charge in [0.1, 0.15) is 11.4 Å². The number of carbonyl (C=O) groups excluding carboxylic acids is 1. The van der Waals surface area contributed by atoms with Crippen LogP contribution in [-0.4, -0.2) is 38.7 Å². The van der Waals surface area contributed by atoms with Crippen molar-refractivity contribution in [3.63, 3.8) is 0 Å². The van der Waals surface area contributed by atoms with Gasteiger partial charge in [0.15, 0.2) is 23.8 Å². The molecule has 0 aliphatic rings. The monoisotopic (exact) mass is 494 g/mol. The molecule has 0 aliphatic carbocycles. The molecule has 0 radical (unpaired) electrons. The Hall–Kier alpha value is -4.72. The van der Waals surface area contributed by atoms with E-state index in [4.69, 9.17) is 14.6 Å². The predicted molar refractivity (Wildman–Crippen MR) is 141 cm³/mol. The fourth-order valence-corrected chi connectivity index (χ4v) is 4.29. The summed E-state index contributed by atoms with van der Waals surface area (Å²) in [5.74, 6) is 0.716. The smallest absolute Gasteiger partial charge is 0.267 e. The highest BCUT2D eigenvalue weighted by Crippen LogP contribution is 2.24. The number of Topliss-reactive ketones (excluding diaryl/α,β-unsaturated/α-hetero) is 1. The summed E-state index contributed by atoms with van der Waals surface area (Å²) in [5, 5.41) is 4.73. The molecule has 0 fully saturated rings. The number of fused-ring (bicyclic) bond motifs is 1. The number of ether oxygens (including phenoxy) is 2. The molecule has 0 N–H and O–H groups in total. The molecule has 0 unspecified atom stereocenters. The van der Waals surface area contributed by atoms with Crippen LogP contribution in [0.2, 0.25) is 0 Å². The molecule has 5 aromatic rings. The number of hydrogen-bond acceptors (Lipinski definition) is 6. The van der Waals surface area contributed by atoms with Gasteiger partial charge in [0.05, 0.1) is 24.1 Å². The van der Waals surface area contributed by atoms with Crippen LogP contribution in [-0.2, 0) is 0 Å². The largest absolute Gasteiger partial charge is 0.497 e. The molecule has 3 aromatic heterocycles. The summed E-state index contributed by atoms with van der Waals surface area (Å²) in [6.07, 6.45) is 1.63. The van der Waals surface area contributed by atoms with Crippen LogP contribution in [0, 0.1) is 20.8 Å². The van der Waals surface area contributed by atoms with Gasteiger partial charge in [-0.05, 0) is 68.8 Å². The molecule has 0 spiro atoms. The number of ketones is 1. The second kappa shape index (κ2) is 9.73. The number of aryl methyl sites for hydroxylation is 3. The van der Waals surface area contributed by atoms with Crippen LogP contribution < -0.4 is 15.0 Å². The van der Waals surface area contributed by atoms with Gasteiger partial charge >= 0.3 is 0 Å². The quantitative estimate of drug-likeness (QED) is 0.304. The van der Waals surface area contributed by atoms with Crippen LogP contribution in [0.25, 0.3) is 22.6 Å². The summed E-state index contributed by atoms with van der Waals surface area (Å²) < 4.78 is 14.3. The zero-order valence-corrected chi connectivity index (χ0v) is 21.1. The number of hydrogen-bond donors (Lipinski definition) is 0. The van der Waals surface area contributed by atoms with E-state index < -0.39 is 0 Å². The first-order valence-corrected chi connectivity index (χ1v) is 11.8. The zero-order chi connectivity index (χ0) is 26.1. The zero-order valence-electron chi connectivity index (χ0n) is 21.1. The van der Waals surface area contributed by atoms with Crippen molar-refractivity contribution in [3.05, 3.63) is 106 Å². The van der Waals surface area contributed by atoms with E-state index in [2.05, 4.69) is 4.98 Å². The van der Waals surface area contributed by atoms with Gasteiger partial charge in [0, 0.05) is 17.5 Å². The highest BCUT2D eigenvalue weighted by atomic mass is 16.5. The van der Waals surface area contributed by atoms with E-state index >= 15 is 0 Å². The Morgan fingerprint density at radius 1 is 0.973 bits per heavy atom. The van der Waals surface area contributed by atoms with Gasteiger partial charge in [-0.1, -0.05) is 24.3 Å². The lowest BCUT2D eigenvalue weighted by atomic mass is 10.1. The summed E-state index contributed by atoms with van der Waals surface area (Å²) in [7, 11) is 1.55. The molecule has 0 saturated heterocycles. The summed E-state index contributed by atoms with van der Waals surface area (Å²) in [6, 6.07) is 20.2. The lowest BCUT2D eigenvalue weighted by Gasteiger charge is -2.11. The number of pyridine rings is 1. The van der Waals surface area contributed by atoms with Crippen LogP contribution >= 0.6 is 0 Å². The van der Waals surface area contributed by atoms with Crippen molar-refractivity contribution >= 4 is 11.4 Å². The lowest BCUT2D eigenvalue weighted by Crippen LogP contribution is -2.20. The molecule has 37 heavy (non-hydrogen) atoms. The maximum atomic E-state index is 13.6. The minimum absolute atomic E-state index is 0.205. The lowest BCUT2D eigenvalue weighted by molar-refractivity contribution is 0.0922. The van der Waals surface area contributed by atoms with Crippen LogP contribution in [0.1, 0.15) is 27.3 Å². The molecule has 0 saturated carbocycles. The standard InChI is InChI=1S/C29H26N4O4/c1-18-8-5-10-22(14-18)33-19(2)15-24(31-33)27-20(3)30-28-26(12-7-13-32(28)29(27)35)37-17-25(34)21-9-6-11-23(16-21)36-4/h5-16H,17H2,1-4H3. The number of methoxy groups -OCH3 is 1. The molecular weight excluding hydrogens is 468 g/mol. The second-order valence-electron chi connectivity index (χ2n) is 8.81. The van der Waals surface area contributed by atoms with E-state index in [1.165, 1.54) is 4.40 Å². The van der Waals surface area contributed by atoms with Crippen LogP contribution in [0.3, 0.4) is 0 Å². The van der Waals surface area contributed by atoms with Crippen molar-refractivity contribution in [1.82, 2.24) is 19.2 Å². The molecule has 2 aromatic carbocycles. The average molecular weight is 495 g/mol. The third-order valence-corrected chi connectivity index (χ3v) is 6.14. The molecule has 0 aliphatic heterocycles. The van der Waals surface area contributed by atoms with Gasteiger partial charge in [-0.2, -0.15) is 5.10 Å². The summed E-state index contributed by atoms with van der Waals surface area (Å²) >= 11 is 0. The van der Waals surface area contributed by atoms with Crippen molar-refractivity contribution in [2.75, 3.05) is 13.7 Å². The van der Waals surface area contributed by atoms with Crippen molar-refractivity contribution in [2.45, 2.75) is 20.8 Å². The predicted octanol–water partition coefficient (Wildman–Crippen LogP) is 4.74. The topological polar surface area (TPSA) is 87.7 Å². The second-order valence-corrected chi connectivity index (χ2v) is 8.81. The molecule has 5 rings (SSSR count). The highest BCUT2D eigenvalue weighted by Gasteiger charge is 2.19. The van der Waals surface area contributed by atoms with Crippen molar-refractivity contribution in [2.24, 2.45) is 0 Å². The van der Waals surface area contributed by atoms with Crippen LogP contribution in [0.4, 0.5) is 0 Å². The van der Waals surface area contributed by atoms with E-state index in [1.54, 1.807) is 56.6 Å². The Morgan fingerprint density at radius 2 is 1.78 bits per heavy atom. The van der Waals surface area contributed by atoms with Crippen molar-refractivity contribution in [1.29, 1.82) is 0 Å². The molecule has 0 bridgehead atoms. The van der Waals surface area contributed by atoms with E-state index in [1.807, 2.05) is 48.9 Å². The summed E-state index contributed by atoms with van der Waals surface area (Å²) in [4.78, 5) is 30.9. The summed E-state index contributed by atoms with van der Waals surface area (Å²) in [5.41, 5.74) is 4.97. The normalized spacial score (nSPS) is 11.0. The maximum Gasteiger partial charge on any atom is 0.267 e. The Labute approximate surface area is 213 Å². The Balaban J connectivity index is 1.49. The van der Waals surface area contributed by atoms with Crippen LogP contribution in [0.15, 0.2) is 77.7 Å². The molecule has 186 valence electrons. The first-order valence-electron chi connectivity index (χ1n) is 11.8. The van der Waals surface area contributed by atoms with E-state index in [0.717, 1.165) is 16.9 Å². The number of benzene rings is 2. The molecule has 8 nitrogen and oxygen atoms in total. The molecule has 0 amide bonds. The van der Waals surface area contributed by atoms with Gasteiger partial charge < -0.3 is 9.47 Å². The number of carbonyl (C=O) groups is 1. The SMILES string of the molecule is COc1cccc(C(=O)COc2cccn3c(=O)c(-c4cc(C)n(-c5cccc(C)c5)n4)c(C)nc23)c1. The minimum Gasteiger partial charge on any atom is -0.497 e. The third kappa shape index (κ3) is 4.61. The van der Waals surface area contributed by atoms with Crippen LogP contribution in [0.5, 0.6) is 11.5 Å². The Kier molecular flexibility index (Phi) is 6.31. The van der Waals surface area contributed by atoms with Gasteiger partial charge in [-0.15, -0.1) is 0 Å². The first-order chi connectivity index (χ1) is 17.9. The maximum absolute atomic E-state index is 13.6. The Bertz CT molecular complexity index is 1700. The van der Waals surface area contributed by atoms with E-state index in [-0.39, 0.29) is 17.9 Å². The molecule has 8 heteroatoms. The fourth-order valence-electron chi connectivity index (χ4n) is 4.29. The van der Waals surface area contributed by atoms with Gasteiger partial charge in [0.2, 0.25) is 0 Å². The van der Waals surface area contributed by atoms with Gasteiger partial charge in [0.25, 0.3) is 5.56 Å². The number of aromatic nitrogens is 4. The minimum atomic E-state index is -0.263. The number of nitrogens with zero attached hydrogens (tertiary/aromatic N) is 4. The average Bonchev–Trinajstić information content (AvgIpc) is 3.28. The summed E-state index contributed by atoms with van der Waals surface area (Å²) in [6.45, 7) is 5.54. The van der Waals surface area contributed by atoms with Crippen molar-refractivity contribution in [3.8, 4) is 28.4 Å². The van der Waals surface area contributed by atoms with E-state index in [9.17, 15) is 9.59 Å². The number of rotatable bonds is 7. The first kappa shape index (κ1) is 24.0. The van der Waals surface area contributed by atoms with E-state index in [0.29, 0.717) is 39.7 Å². The van der Waals surface area contributed by atoms with Gasteiger partial charge in [-0.3, -0.25) is 14.0 Å². The van der Waals surface area contributed by atoms with Gasteiger partial charge in [-0.25, -0.2) is 9.67 Å². The molecule has 3 heterocycles. The third-order valence-electron chi connectivity index (χ3n) is 6.14. The highest BCUT2D eigenvalue weighted by molar-refractivity contribution is 5.97. The fraction of sp³-hybridized carbons (Fsp3) is 0.172.